The third-order valence-corrected chi connectivity index (χ3v) is 4.28. The highest BCUT2D eigenvalue weighted by molar-refractivity contribution is 4.98. The van der Waals surface area contributed by atoms with Gasteiger partial charge in [-0.05, 0) is 38.6 Å². The number of hydrogen-bond acceptors (Lipinski definition) is 4. The van der Waals surface area contributed by atoms with Gasteiger partial charge in [0, 0.05) is 26.6 Å². The van der Waals surface area contributed by atoms with Crippen molar-refractivity contribution in [3.8, 4) is 11.8 Å². The number of piperidine rings is 1. The van der Waals surface area contributed by atoms with Crippen molar-refractivity contribution in [2.75, 3.05) is 33.4 Å². The van der Waals surface area contributed by atoms with E-state index in [4.69, 9.17) is 14.6 Å². The molecule has 2 fully saturated rings. The van der Waals surface area contributed by atoms with Crippen LogP contribution in [0.3, 0.4) is 0 Å². The first-order valence-electron chi connectivity index (χ1n) is 7.79. The fourth-order valence-electron chi connectivity index (χ4n) is 2.90. The zero-order valence-corrected chi connectivity index (χ0v) is 12.5. The summed E-state index contributed by atoms with van der Waals surface area (Å²) in [5.41, 5.74) is 0. The van der Waals surface area contributed by atoms with Crippen molar-refractivity contribution in [1.29, 1.82) is 0 Å². The minimum atomic E-state index is -0.0200. The number of aliphatic hydroxyl groups is 1. The quantitative estimate of drug-likeness (QED) is 0.590. The smallest absolute Gasteiger partial charge is 0.104 e. The van der Waals surface area contributed by atoms with Crippen molar-refractivity contribution in [3.63, 3.8) is 0 Å². The van der Waals surface area contributed by atoms with E-state index < -0.39 is 0 Å². The van der Waals surface area contributed by atoms with Crippen LogP contribution in [0.4, 0.5) is 0 Å². The zero-order chi connectivity index (χ0) is 14.2. The van der Waals surface area contributed by atoms with Gasteiger partial charge in [-0.25, -0.2) is 0 Å². The van der Waals surface area contributed by atoms with E-state index in [1.807, 2.05) is 0 Å². The Balaban J connectivity index is 1.52. The van der Waals surface area contributed by atoms with Gasteiger partial charge in [0.25, 0.3) is 0 Å². The maximum absolute atomic E-state index is 8.57. The third kappa shape index (κ3) is 5.06. The summed E-state index contributed by atoms with van der Waals surface area (Å²) in [6.07, 6.45) is 7.73. The standard InChI is InChI=1S/C16H27NO3/c1-19-15-12-16(13-15)20-14-6-9-17(10-7-14)8-4-2-3-5-11-18/h14-16,18H,2,4,6-13H2,1H3. The van der Waals surface area contributed by atoms with Crippen LogP contribution in [0.5, 0.6) is 0 Å². The van der Waals surface area contributed by atoms with Crippen LogP contribution in [0.1, 0.15) is 38.5 Å². The predicted octanol–water partition coefficient (Wildman–Crippen LogP) is 1.42. The number of unbranched alkanes of at least 4 members (excludes halogenated alkanes) is 1. The van der Waals surface area contributed by atoms with Crippen molar-refractivity contribution >= 4 is 0 Å². The van der Waals surface area contributed by atoms with Gasteiger partial charge in [-0.2, -0.15) is 0 Å². The van der Waals surface area contributed by atoms with Crippen molar-refractivity contribution in [2.45, 2.75) is 56.8 Å². The van der Waals surface area contributed by atoms with Gasteiger partial charge in [0.05, 0.1) is 18.3 Å². The maximum atomic E-state index is 8.57. The SMILES string of the molecule is COC1CC(OC2CCN(CCCC#CCO)CC2)C1. The normalized spacial score (nSPS) is 27.7. The number of aliphatic hydroxyl groups excluding tert-OH is 1. The Morgan fingerprint density at radius 2 is 1.85 bits per heavy atom. The minimum absolute atomic E-state index is 0.0200. The van der Waals surface area contributed by atoms with E-state index in [0.717, 1.165) is 58.2 Å². The Bertz CT molecular complexity index is 322. The molecule has 0 spiro atoms. The van der Waals surface area contributed by atoms with E-state index in [-0.39, 0.29) is 6.61 Å². The minimum Gasteiger partial charge on any atom is -0.384 e. The maximum Gasteiger partial charge on any atom is 0.104 e. The van der Waals surface area contributed by atoms with Crippen LogP contribution < -0.4 is 0 Å². The van der Waals surface area contributed by atoms with E-state index in [2.05, 4.69) is 16.7 Å². The summed E-state index contributed by atoms with van der Waals surface area (Å²) in [6, 6.07) is 0. The van der Waals surface area contributed by atoms with E-state index in [1.165, 1.54) is 0 Å². The number of rotatable bonds is 6. The van der Waals surface area contributed by atoms with Gasteiger partial charge < -0.3 is 19.5 Å². The second-order valence-electron chi connectivity index (χ2n) is 5.74. The Kier molecular flexibility index (Phi) is 6.81. The molecule has 20 heavy (non-hydrogen) atoms. The molecule has 0 bridgehead atoms. The van der Waals surface area contributed by atoms with Crippen molar-refractivity contribution < 1.29 is 14.6 Å². The fraction of sp³-hybridized carbons (Fsp3) is 0.875. The molecule has 1 aliphatic heterocycles. The molecule has 0 radical (unpaired) electrons. The lowest BCUT2D eigenvalue weighted by atomic mass is 9.91. The molecule has 114 valence electrons. The van der Waals surface area contributed by atoms with Crippen LogP contribution >= 0.6 is 0 Å². The fourth-order valence-corrected chi connectivity index (χ4v) is 2.90. The first kappa shape index (κ1) is 15.8. The lowest BCUT2D eigenvalue weighted by molar-refractivity contribution is -0.126. The molecule has 0 amide bonds. The molecule has 2 rings (SSSR count). The van der Waals surface area contributed by atoms with E-state index >= 15 is 0 Å². The highest BCUT2D eigenvalue weighted by Crippen LogP contribution is 2.28. The summed E-state index contributed by atoms with van der Waals surface area (Å²) in [5.74, 6) is 5.66. The van der Waals surface area contributed by atoms with Crippen LogP contribution in [-0.4, -0.2) is 61.7 Å². The lowest BCUT2D eigenvalue weighted by Crippen LogP contribution is -2.43. The number of likely N-dealkylation sites (tertiary alicyclic amines) is 1. The van der Waals surface area contributed by atoms with Crippen LogP contribution in [-0.2, 0) is 9.47 Å². The van der Waals surface area contributed by atoms with Crippen LogP contribution in [0.25, 0.3) is 0 Å². The molecule has 0 aromatic rings. The number of nitrogens with zero attached hydrogens (tertiary/aromatic N) is 1. The topological polar surface area (TPSA) is 41.9 Å². The molecule has 1 heterocycles. The van der Waals surface area contributed by atoms with Gasteiger partial charge in [0.2, 0.25) is 0 Å². The van der Waals surface area contributed by atoms with Crippen LogP contribution in [0, 0.1) is 11.8 Å². The molecule has 1 aliphatic carbocycles. The molecule has 0 atom stereocenters. The second-order valence-corrected chi connectivity index (χ2v) is 5.74. The molecule has 1 N–H and O–H groups in total. The highest BCUT2D eigenvalue weighted by Gasteiger charge is 2.32. The predicted molar refractivity (Wildman–Crippen MR) is 78.5 cm³/mol. The van der Waals surface area contributed by atoms with Gasteiger partial charge >= 0.3 is 0 Å². The Hall–Kier alpha value is -0.600. The molecule has 4 heteroatoms. The average Bonchev–Trinajstić information content (AvgIpc) is 2.43. The Morgan fingerprint density at radius 3 is 2.50 bits per heavy atom. The van der Waals surface area contributed by atoms with Gasteiger partial charge in [-0.3, -0.25) is 0 Å². The largest absolute Gasteiger partial charge is 0.384 e. The van der Waals surface area contributed by atoms with Crippen molar-refractivity contribution in [3.05, 3.63) is 0 Å². The van der Waals surface area contributed by atoms with E-state index in [9.17, 15) is 0 Å². The van der Waals surface area contributed by atoms with Gasteiger partial charge in [-0.15, -0.1) is 5.92 Å². The summed E-state index contributed by atoms with van der Waals surface area (Å²) < 4.78 is 11.4. The molecule has 0 unspecified atom stereocenters. The van der Waals surface area contributed by atoms with Crippen LogP contribution in [0.15, 0.2) is 0 Å². The molecule has 2 aliphatic rings. The molecule has 1 saturated carbocycles. The van der Waals surface area contributed by atoms with Crippen LogP contribution in [0.2, 0.25) is 0 Å². The Morgan fingerprint density at radius 1 is 1.10 bits per heavy atom. The summed E-state index contributed by atoms with van der Waals surface area (Å²) in [7, 11) is 1.78. The van der Waals surface area contributed by atoms with E-state index in [0.29, 0.717) is 18.3 Å². The summed E-state index contributed by atoms with van der Waals surface area (Å²) >= 11 is 0. The van der Waals surface area contributed by atoms with Crippen molar-refractivity contribution in [1.82, 2.24) is 4.90 Å². The first-order valence-corrected chi connectivity index (χ1v) is 7.79. The molecule has 0 aromatic carbocycles. The molecular formula is C16H27NO3. The first-order chi connectivity index (χ1) is 9.81. The molecule has 1 saturated heterocycles. The Labute approximate surface area is 122 Å². The van der Waals surface area contributed by atoms with Gasteiger partial charge in [0.15, 0.2) is 0 Å². The third-order valence-electron chi connectivity index (χ3n) is 4.28. The summed E-state index contributed by atoms with van der Waals surface area (Å²) in [6.45, 7) is 3.37. The number of hydrogen-bond donors (Lipinski definition) is 1. The highest BCUT2D eigenvalue weighted by atomic mass is 16.5. The summed E-state index contributed by atoms with van der Waals surface area (Å²) in [4.78, 5) is 2.50. The van der Waals surface area contributed by atoms with Gasteiger partial charge in [-0.1, -0.05) is 5.92 Å². The summed E-state index contributed by atoms with van der Waals surface area (Å²) in [5, 5.41) is 8.57. The van der Waals surface area contributed by atoms with Crippen molar-refractivity contribution in [2.24, 2.45) is 0 Å². The average molecular weight is 281 g/mol. The zero-order valence-electron chi connectivity index (χ0n) is 12.5. The molecule has 4 nitrogen and oxygen atoms in total. The molecule has 0 aromatic heterocycles. The number of ether oxygens (including phenoxy) is 2. The number of methoxy groups -OCH3 is 1. The monoisotopic (exact) mass is 281 g/mol. The lowest BCUT2D eigenvalue weighted by Gasteiger charge is -2.39. The van der Waals surface area contributed by atoms with E-state index in [1.54, 1.807) is 7.11 Å². The molecular weight excluding hydrogens is 254 g/mol. The second kappa shape index (κ2) is 8.63. The van der Waals surface area contributed by atoms with Gasteiger partial charge in [0.1, 0.15) is 6.61 Å².